The van der Waals surface area contributed by atoms with Crippen LogP contribution in [0.15, 0.2) is 36.8 Å². The quantitative estimate of drug-likeness (QED) is 0.777. The summed E-state index contributed by atoms with van der Waals surface area (Å²) in [6, 6.07) is 5.70. The SMILES string of the molecule is CCn1ncc(Cn2cc(NC(=O)c3ccc(C)c(C)c3)cn2)c1C. The molecule has 1 N–H and O–H groups in total. The number of nitrogens with one attached hydrogen (secondary N) is 1. The van der Waals surface area contributed by atoms with Gasteiger partial charge >= 0.3 is 0 Å². The Morgan fingerprint density at radius 3 is 2.60 bits per heavy atom. The zero-order valence-corrected chi connectivity index (χ0v) is 15.1. The van der Waals surface area contributed by atoms with Gasteiger partial charge in [0.2, 0.25) is 0 Å². The number of carbonyl (C=O) groups is 1. The summed E-state index contributed by atoms with van der Waals surface area (Å²) < 4.78 is 3.77. The van der Waals surface area contributed by atoms with E-state index in [2.05, 4.69) is 29.4 Å². The number of rotatable bonds is 5. The lowest BCUT2D eigenvalue weighted by Gasteiger charge is -2.05. The molecule has 1 aromatic carbocycles. The van der Waals surface area contributed by atoms with E-state index in [-0.39, 0.29) is 5.91 Å². The molecule has 0 atom stereocenters. The molecule has 0 bridgehead atoms. The zero-order valence-electron chi connectivity index (χ0n) is 15.1. The highest BCUT2D eigenvalue weighted by molar-refractivity contribution is 6.04. The first-order valence-electron chi connectivity index (χ1n) is 8.40. The van der Waals surface area contributed by atoms with Gasteiger partial charge in [-0.05, 0) is 51.0 Å². The highest BCUT2D eigenvalue weighted by Crippen LogP contribution is 2.14. The molecule has 0 fully saturated rings. The Morgan fingerprint density at radius 1 is 1.12 bits per heavy atom. The first kappa shape index (κ1) is 17.0. The number of amides is 1. The van der Waals surface area contributed by atoms with Crippen molar-refractivity contribution in [1.82, 2.24) is 19.6 Å². The molecule has 0 saturated heterocycles. The normalized spacial score (nSPS) is 10.9. The molecule has 0 unspecified atom stereocenters. The van der Waals surface area contributed by atoms with Crippen LogP contribution in [0.4, 0.5) is 5.69 Å². The van der Waals surface area contributed by atoms with Gasteiger partial charge in [-0.25, -0.2) is 0 Å². The summed E-state index contributed by atoms with van der Waals surface area (Å²) in [6.07, 6.45) is 5.37. The molecule has 0 saturated carbocycles. The Bertz CT molecular complexity index is 906. The molecule has 25 heavy (non-hydrogen) atoms. The summed E-state index contributed by atoms with van der Waals surface area (Å²) in [5.74, 6) is -0.127. The van der Waals surface area contributed by atoms with Crippen LogP contribution in [0.5, 0.6) is 0 Å². The number of anilines is 1. The number of aryl methyl sites for hydroxylation is 3. The maximum Gasteiger partial charge on any atom is 0.255 e. The number of aromatic nitrogens is 4. The van der Waals surface area contributed by atoms with Crippen LogP contribution >= 0.6 is 0 Å². The Kier molecular flexibility index (Phi) is 4.70. The van der Waals surface area contributed by atoms with E-state index < -0.39 is 0 Å². The average Bonchev–Trinajstić information content (AvgIpc) is 3.17. The van der Waals surface area contributed by atoms with Crippen molar-refractivity contribution in [3.05, 3.63) is 64.7 Å². The molecular formula is C19H23N5O. The molecule has 0 aliphatic rings. The van der Waals surface area contributed by atoms with Crippen LogP contribution < -0.4 is 5.32 Å². The van der Waals surface area contributed by atoms with E-state index in [0.717, 1.165) is 23.4 Å². The molecule has 0 spiro atoms. The Labute approximate surface area is 147 Å². The molecule has 2 aromatic heterocycles. The summed E-state index contributed by atoms with van der Waals surface area (Å²) in [5, 5.41) is 11.6. The number of hydrogen-bond acceptors (Lipinski definition) is 3. The first-order valence-corrected chi connectivity index (χ1v) is 8.40. The summed E-state index contributed by atoms with van der Waals surface area (Å²) >= 11 is 0. The molecule has 1 amide bonds. The Morgan fingerprint density at radius 2 is 1.92 bits per heavy atom. The van der Waals surface area contributed by atoms with Gasteiger partial charge in [0.1, 0.15) is 0 Å². The maximum absolute atomic E-state index is 12.4. The van der Waals surface area contributed by atoms with Crippen LogP contribution in [0.2, 0.25) is 0 Å². The summed E-state index contributed by atoms with van der Waals surface area (Å²) in [4.78, 5) is 12.4. The molecule has 3 aromatic rings. The fraction of sp³-hybridized carbons (Fsp3) is 0.316. The van der Waals surface area contributed by atoms with E-state index in [1.165, 1.54) is 5.56 Å². The van der Waals surface area contributed by atoms with E-state index in [0.29, 0.717) is 17.8 Å². The number of carbonyl (C=O) groups excluding carboxylic acids is 1. The van der Waals surface area contributed by atoms with E-state index in [1.807, 2.05) is 49.1 Å². The third kappa shape index (κ3) is 3.63. The fourth-order valence-corrected chi connectivity index (χ4v) is 2.73. The second-order valence-corrected chi connectivity index (χ2v) is 6.25. The molecular weight excluding hydrogens is 314 g/mol. The van der Waals surface area contributed by atoms with Crippen LogP contribution in [0.1, 0.15) is 39.7 Å². The zero-order chi connectivity index (χ0) is 18.0. The number of hydrogen-bond donors (Lipinski definition) is 1. The molecule has 0 radical (unpaired) electrons. The largest absolute Gasteiger partial charge is 0.319 e. The molecule has 0 aliphatic carbocycles. The van der Waals surface area contributed by atoms with Gasteiger partial charge in [-0.1, -0.05) is 6.07 Å². The Balaban J connectivity index is 1.69. The van der Waals surface area contributed by atoms with Crippen molar-refractivity contribution in [3.63, 3.8) is 0 Å². The highest BCUT2D eigenvalue weighted by Gasteiger charge is 2.10. The van der Waals surface area contributed by atoms with E-state index in [1.54, 1.807) is 10.9 Å². The monoisotopic (exact) mass is 337 g/mol. The number of benzene rings is 1. The van der Waals surface area contributed by atoms with Gasteiger partial charge < -0.3 is 5.32 Å². The average molecular weight is 337 g/mol. The molecule has 130 valence electrons. The Hall–Kier alpha value is -2.89. The van der Waals surface area contributed by atoms with Gasteiger partial charge in [0.25, 0.3) is 5.91 Å². The van der Waals surface area contributed by atoms with Crippen LogP contribution in [0.3, 0.4) is 0 Å². The first-order chi connectivity index (χ1) is 12.0. The molecule has 6 nitrogen and oxygen atoms in total. The van der Waals surface area contributed by atoms with Crippen molar-refractivity contribution in [2.75, 3.05) is 5.32 Å². The van der Waals surface area contributed by atoms with Gasteiger partial charge in [-0.2, -0.15) is 10.2 Å². The van der Waals surface area contributed by atoms with Crippen molar-refractivity contribution >= 4 is 11.6 Å². The van der Waals surface area contributed by atoms with Crippen LogP contribution in [-0.4, -0.2) is 25.5 Å². The topological polar surface area (TPSA) is 64.7 Å². The molecule has 6 heteroatoms. The van der Waals surface area contributed by atoms with E-state index >= 15 is 0 Å². The van der Waals surface area contributed by atoms with Crippen molar-refractivity contribution < 1.29 is 4.79 Å². The maximum atomic E-state index is 12.4. The van der Waals surface area contributed by atoms with Crippen molar-refractivity contribution in [2.24, 2.45) is 0 Å². The minimum atomic E-state index is -0.127. The highest BCUT2D eigenvalue weighted by atomic mass is 16.1. The standard InChI is InChI=1S/C19H23N5O/c1-5-24-15(4)17(9-21-24)11-23-12-18(10-20-23)22-19(25)16-7-6-13(2)14(3)8-16/h6-10,12H,5,11H2,1-4H3,(H,22,25). The fourth-order valence-electron chi connectivity index (χ4n) is 2.73. The van der Waals surface area contributed by atoms with Crippen molar-refractivity contribution in [2.45, 2.75) is 40.8 Å². The lowest BCUT2D eigenvalue weighted by Crippen LogP contribution is -2.11. The van der Waals surface area contributed by atoms with Crippen LogP contribution in [0.25, 0.3) is 0 Å². The van der Waals surface area contributed by atoms with Gasteiger partial charge in [0.05, 0.1) is 24.6 Å². The summed E-state index contributed by atoms with van der Waals surface area (Å²) in [7, 11) is 0. The van der Waals surface area contributed by atoms with Gasteiger partial charge in [-0.15, -0.1) is 0 Å². The van der Waals surface area contributed by atoms with Gasteiger partial charge in [0, 0.05) is 29.6 Å². The lowest BCUT2D eigenvalue weighted by atomic mass is 10.1. The lowest BCUT2D eigenvalue weighted by molar-refractivity contribution is 0.102. The summed E-state index contributed by atoms with van der Waals surface area (Å²) in [6.45, 7) is 9.64. The van der Waals surface area contributed by atoms with E-state index in [9.17, 15) is 4.79 Å². The smallest absolute Gasteiger partial charge is 0.255 e. The third-order valence-electron chi connectivity index (χ3n) is 4.50. The van der Waals surface area contributed by atoms with Gasteiger partial charge in [0.15, 0.2) is 0 Å². The van der Waals surface area contributed by atoms with Crippen LogP contribution in [-0.2, 0) is 13.1 Å². The predicted molar refractivity (Wildman–Crippen MR) is 97.8 cm³/mol. The predicted octanol–water partition coefficient (Wildman–Crippen LogP) is 3.33. The van der Waals surface area contributed by atoms with Gasteiger partial charge in [-0.3, -0.25) is 14.2 Å². The molecule has 0 aliphatic heterocycles. The third-order valence-corrected chi connectivity index (χ3v) is 4.50. The second kappa shape index (κ2) is 6.93. The van der Waals surface area contributed by atoms with Crippen LogP contribution in [0, 0.1) is 20.8 Å². The van der Waals surface area contributed by atoms with Crippen molar-refractivity contribution in [1.29, 1.82) is 0 Å². The molecule has 2 heterocycles. The minimum Gasteiger partial charge on any atom is -0.319 e. The summed E-state index contributed by atoms with van der Waals surface area (Å²) in [5.41, 5.74) is 5.87. The second-order valence-electron chi connectivity index (χ2n) is 6.25. The minimum absolute atomic E-state index is 0.127. The molecule has 3 rings (SSSR count). The number of nitrogens with zero attached hydrogens (tertiary/aromatic N) is 4. The van der Waals surface area contributed by atoms with E-state index in [4.69, 9.17) is 0 Å². The van der Waals surface area contributed by atoms with Crippen molar-refractivity contribution in [3.8, 4) is 0 Å².